The number of benzene rings is 2. The van der Waals surface area contributed by atoms with Crippen LogP contribution in [-0.4, -0.2) is 44.7 Å². The van der Waals surface area contributed by atoms with Gasteiger partial charge in [0.2, 0.25) is 0 Å². The molecule has 4 aromatic rings. The van der Waals surface area contributed by atoms with Gasteiger partial charge in [-0.15, -0.1) is 10.2 Å². The number of rotatable bonds is 8. The quantitative estimate of drug-likeness (QED) is 0.336. The molecule has 0 bridgehead atoms. The minimum Gasteiger partial charge on any atom is -0.496 e. The van der Waals surface area contributed by atoms with Gasteiger partial charge in [-0.25, -0.2) is 9.37 Å². The third-order valence-electron chi connectivity index (χ3n) is 6.79. The Bertz CT molecular complexity index is 1530. The van der Waals surface area contributed by atoms with Crippen LogP contribution in [0.1, 0.15) is 64.1 Å². The van der Waals surface area contributed by atoms with Crippen LogP contribution in [0.2, 0.25) is 0 Å². The van der Waals surface area contributed by atoms with Gasteiger partial charge in [0.15, 0.2) is 5.82 Å². The fraction of sp³-hybridized carbons (Fsp3) is 0.276. The van der Waals surface area contributed by atoms with Crippen molar-refractivity contribution in [1.29, 1.82) is 0 Å². The average Bonchev–Trinajstić information content (AvgIpc) is 3.48. The largest absolute Gasteiger partial charge is 0.496 e. The number of methoxy groups -OCH3 is 1. The molecule has 2 aromatic heterocycles. The van der Waals surface area contributed by atoms with Gasteiger partial charge in [0.05, 0.1) is 12.7 Å². The third-order valence-corrected chi connectivity index (χ3v) is 6.79. The maximum atomic E-state index is 13.4. The van der Waals surface area contributed by atoms with Gasteiger partial charge < -0.3 is 19.9 Å². The number of amides is 2. The summed E-state index contributed by atoms with van der Waals surface area (Å²) in [6, 6.07) is 14.5. The first-order valence-corrected chi connectivity index (χ1v) is 12.7. The first kappa shape index (κ1) is 26.0. The van der Waals surface area contributed by atoms with E-state index in [-0.39, 0.29) is 29.8 Å². The van der Waals surface area contributed by atoms with Crippen molar-refractivity contribution < 1.29 is 18.7 Å². The standard InChI is InChI=1S/C29H29FN6O3/c1-16(2)36-15-31-35-27(36)23-6-5-7-26(32-23)34-29(38)22-13-20(17(3)12-25(22)39-4)21-14-24(21)33-28(37)18-8-10-19(30)11-9-18/h5-13,15-16,21,24H,14H2,1-4H3,(H,33,37)(H,32,34,38). The number of carbonyl (C=O) groups is 2. The van der Waals surface area contributed by atoms with Gasteiger partial charge in [0.1, 0.15) is 29.4 Å². The number of nitrogens with zero attached hydrogens (tertiary/aromatic N) is 4. The second kappa shape index (κ2) is 10.6. The van der Waals surface area contributed by atoms with E-state index in [4.69, 9.17) is 4.74 Å². The molecule has 2 aromatic carbocycles. The summed E-state index contributed by atoms with van der Waals surface area (Å²) < 4.78 is 20.6. The summed E-state index contributed by atoms with van der Waals surface area (Å²) in [6.07, 6.45) is 2.39. The zero-order chi connectivity index (χ0) is 27.7. The summed E-state index contributed by atoms with van der Waals surface area (Å²) in [6.45, 7) is 6.00. The summed E-state index contributed by atoms with van der Waals surface area (Å²) in [4.78, 5) is 30.5. The zero-order valence-corrected chi connectivity index (χ0v) is 22.1. The third kappa shape index (κ3) is 5.50. The predicted molar refractivity (Wildman–Crippen MR) is 144 cm³/mol. The highest BCUT2D eigenvalue weighted by Gasteiger charge is 2.41. The lowest BCUT2D eigenvalue weighted by Gasteiger charge is -2.15. The molecular weight excluding hydrogens is 499 g/mol. The summed E-state index contributed by atoms with van der Waals surface area (Å²) in [7, 11) is 1.52. The topological polar surface area (TPSA) is 111 Å². The summed E-state index contributed by atoms with van der Waals surface area (Å²) in [5, 5.41) is 14.0. The second-order valence-corrected chi connectivity index (χ2v) is 9.86. The number of pyridine rings is 1. The molecule has 10 heteroatoms. The van der Waals surface area contributed by atoms with Crippen molar-refractivity contribution in [3.05, 3.63) is 89.0 Å². The van der Waals surface area contributed by atoms with Crippen molar-refractivity contribution in [2.24, 2.45) is 0 Å². The van der Waals surface area contributed by atoms with Gasteiger partial charge in [-0.1, -0.05) is 6.07 Å². The Morgan fingerprint density at radius 1 is 1.10 bits per heavy atom. The highest BCUT2D eigenvalue weighted by Crippen LogP contribution is 2.44. The van der Waals surface area contributed by atoms with Gasteiger partial charge in [0, 0.05) is 23.6 Å². The summed E-state index contributed by atoms with van der Waals surface area (Å²) in [5.41, 5.74) is 3.27. The monoisotopic (exact) mass is 528 g/mol. The normalized spacial score (nSPS) is 16.2. The minimum atomic E-state index is -0.392. The lowest BCUT2D eigenvalue weighted by Crippen LogP contribution is -2.26. The van der Waals surface area contributed by atoms with Gasteiger partial charge in [0.25, 0.3) is 11.8 Å². The van der Waals surface area contributed by atoms with Crippen molar-refractivity contribution in [2.45, 2.75) is 45.2 Å². The molecule has 39 heavy (non-hydrogen) atoms. The maximum Gasteiger partial charge on any atom is 0.260 e. The second-order valence-electron chi connectivity index (χ2n) is 9.86. The highest BCUT2D eigenvalue weighted by molar-refractivity contribution is 6.06. The van der Waals surface area contributed by atoms with Crippen molar-refractivity contribution in [2.75, 3.05) is 12.4 Å². The molecule has 9 nitrogen and oxygen atoms in total. The van der Waals surface area contributed by atoms with Crippen molar-refractivity contribution >= 4 is 17.6 Å². The molecule has 1 fully saturated rings. The molecule has 0 spiro atoms. The molecule has 0 radical (unpaired) electrons. The minimum absolute atomic E-state index is 0.0516. The van der Waals surface area contributed by atoms with E-state index in [1.165, 1.54) is 31.4 Å². The van der Waals surface area contributed by atoms with Crippen molar-refractivity contribution in [1.82, 2.24) is 25.1 Å². The van der Waals surface area contributed by atoms with Crippen LogP contribution in [0.5, 0.6) is 5.75 Å². The summed E-state index contributed by atoms with van der Waals surface area (Å²) in [5.74, 6) is 0.458. The molecule has 2 amide bonds. The van der Waals surface area contributed by atoms with E-state index < -0.39 is 5.82 Å². The number of aromatic nitrogens is 4. The number of ether oxygens (including phenoxy) is 1. The number of hydrogen-bond donors (Lipinski definition) is 2. The lowest BCUT2D eigenvalue weighted by molar-refractivity contribution is 0.0949. The Kier molecular flexibility index (Phi) is 7.10. The zero-order valence-electron chi connectivity index (χ0n) is 22.1. The Hall–Kier alpha value is -4.60. The Morgan fingerprint density at radius 3 is 2.59 bits per heavy atom. The Morgan fingerprint density at radius 2 is 1.87 bits per heavy atom. The van der Waals surface area contributed by atoms with Crippen molar-refractivity contribution in [3.63, 3.8) is 0 Å². The molecule has 1 aliphatic carbocycles. The van der Waals surface area contributed by atoms with Gasteiger partial charge in [-0.2, -0.15) is 0 Å². The molecule has 5 rings (SSSR count). The van der Waals surface area contributed by atoms with Crippen LogP contribution in [-0.2, 0) is 0 Å². The van der Waals surface area contributed by atoms with Crippen LogP contribution in [0.4, 0.5) is 10.2 Å². The maximum absolute atomic E-state index is 13.4. The fourth-order valence-electron chi connectivity index (χ4n) is 4.61. The molecule has 2 heterocycles. The molecule has 0 aliphatic heterocycles. The van der Waals surface area contributed by atoms with Crippen LogP contribution in [0.15, 0.2) is 60.9 Å². The number of halogens is 1. The Labute approximate surface area is 225 Å². The molecule has 200 valence electrons. The van der Waals surface area contributed by atoms with Gasteiger partial charge in [-0.3, -0.25) is 9.59 Å². The molecule has 1 aliphatic rings. The van der Waals surface area contributed by atoms with Crippen LogP contribution in [0.25, 0.3) is 11.5 Å². The van der Waals surface area contributed by atoms with E-state index in [0.29, 0.717) is 34.2 Å². The van der Waals surface area contributed by atoms with E-state index >= 15 is 0 Å². The fourth-order valence-corrected chi connectivity index (χ4v) is 4.61. The number of anilines is 1. The van der Waals surface area contributed by atoms with E-state index in [9.17, 15) is 14.0 Å². The lowest BCUT2D eigenvalue weighted by atomic mass is 9.99. The van der Waals surface area contributed by atoms with Crippen LogP contribution < -0.4 is 15.4 Å². The Balaban J connectivity index is 1.34. The van der Waals surface area contributed by atoms with E-state index in [0.717, 1.165) is 17.5 Å². The number of carbonyl (C=O) groups excluding carboxylic acids is 2. The molecule has 2 atom stereocenters. The molecule has 2 N–H and O–H groups in total. The van der Waals surface area contributed by atoms with Gasteiger partial charge in [-0.05, 0) is 86.8 Å². The van der Waals surface area contributed by atoms with Crippen LogP contribution in [0.3, 0.4) is 0 Å². The molecule has 1 saturated carbocycles. The van der Waals surface area contributed by atoms with E-state index in [2.05, 4.69) is 25.8 Å². The smallest absolute Gasteiger partial charge is 0.260 e. The van der Waals surface area contributed by atoms with E-state index in [1.54, 1.807) is 18.5 Å². The number of aryl methyl sites for hydroxylation is 1. The predicted octanol–water partition coefficient (Wildman–Crippen LogP) is 4.92. The van der Waals surface area contributed by atoms with Crippen molar-refractivity contribution in [3.8, 4) is 17.3 Å². The molecular formula is C29H29FN6O3. The van der Waals surface area contributed by atoms with E-state index in [1.807, 2.05) is 43.5 Å². The van der Waals surface area contributed by atoms with Crippen LogP contribution >= 0.6 is 0 Å². The molecule has 2 unspecified atom stereocenters. The first-order chi connectivity index (χ1) is 18.7. The molecule has 0 saturated heterocycles. The number of nitrogens with one attached hydrogen (secondary N) is 2. The average molecular weight is 529 g/mol. The van der Waals surface area contributed by atoms with Crippen LogP contribution in [0, 0.1) is 12.7 Å². The first-order valence-electron chi connectivity index (χ1n) is 12.7. The SMILES string of the molecule is COc1cc(C)c(C2CC2NC(=O)c2ccc(F)cc2)cc1C(=O)Nc1cccc(-c2nncn2C(C)C)n1. The highest BCUT2D eigenvalue weighted by atomic mass is 19.1. The van der Waals surface area contributed by atoms with Gasteiger partial charge >= 0.3 is 0 Å². The summed E-state index contributed by atoms with van der Waals surface area (Å²) >= 11 is 0. The number of hydrogen-bond acceptors (Lipinski definition) is 6.